The van der Waals surface area contributed by atoms with Crippen molar-refractivity contribution < 1.29 is 4.79 Å². The Morgan fingerprint density at radius 3 is 2.36 bits per heavy atom. The van der Waals surface area contributed by atoms with Gasteiger partial charge in [-0.25, -0.2) is 4.98 Å². The number of carbonyl (C=O) groups excluding carboxylic acids is 1. The van der Waals surface area contributed by atoms with E-state index in [9.17, 15) is 4.79 Å². The van der Waals surface area contributed by atoms with Crippen molar-refractivity contribution in [3.05, 3.63) is 96.3 Å². The van der Waals surface area contributed by atoms with Crippen molar-refractivity contribution in [3.63, 3.8) is 0 Å². The number of pyridine rings is 1. The van der Waals surface area contributed by atoms with Crippen molar-refractivity contribution in [2.45, 2.75) is 24.8 Å². The van der Waals surface area contributed by atoms with Crippen LogP contribution in [0.2, 0.25) is 0 Å². The molecule has 0 unspecified atom stereocenters. The number of benzene rings is 2. The molecule has 0 bridgehead atoms. The summed E-state index contributed by atoms with van der Waals surface area (Å²) in [6.07, 6.45) is 5.98. The molecule has 0 spiro atoms. The number of nitrogens with one attached hydrogen (secondary N) is 1. The first-order chi connectivity index (χ1) is 13.8. The summed E-state index contributed by atoms with van der Waals surface area (Å²) in [4.78, 5) is 17.5. The molecule has 2 atom stereocenters. The summed E-state index contributed by atoms with van der Waals surface area (Å²) >= 11 is 0. The highest BCUT2D eigenvalue weighted by atomic mass is 16.1. The normalized spacial score (nSPS) is 18.6. The summed E-state index contributed by atoms with van der Waals surface area (Å²) in [6, 6.07) is 24.5. The van der Waals surface area contributed by atoms with Gasteiger partial charge in [0.2, 0.25) is 0 Å². The lowest BCUT2D eigenvalue weighted by atomic mass is 9.75. The van der Waals surface area contributed by atoms with E-state index in [-0.39, 0.29) is 11.9 Å². The van der Waals surface area contributed by atoms with Crippen LogP contribution in [0.4, 0.5) is 0 Å². The van der Waals surface area contributed by atoms with Gasteiger partial charge in [-0.1, -0.05) is 60.7 Å². The first-order valence-electron chi connectivity index (χ1n) is 9.68. The van der Waals surface area contributed by atoms with Gasteiger partial charge in [0.15, 0.2) is 0 Å². The van der Waals surface area contributed by atoms with Crippen LogP contribution in [0.3, 0.4) is 0 Å². The third-order valence-corrected chi connectivity index (χ3v) is 5.60. The number of imidazole rings is 1. The van der Waals surface area contributed by atoms with E-state index in [0.717, 1.165) is 29.7 Å². The lowest BCUT2D eigenvalue weighted by Crippen LogP contribution is -2.45. The lowest BCUT2D eigenvalue weighted by molar-refractivity contribution is 0.0904. The number of amides is 1. The highest BCUT2D eigenvalue weighted by Crippen LogP contribution is 2.36. The molecule has 0 saturated heterocycles. The van der Waals surface area contributed by atoms with E-state index in [0.29, 0.717) is 11.5 Å². The molecule has 0 aliphatic heterocycles. The maximum atomic E-state index is 12.8. The fourth-order valence-corrected chi connectivity index (χ4v) is 3.90. The quantitative estimate of drug-likeness (QED) is 0.569. The zero-order valence-corrected chi connectivity index (χ0v) is 15.5. The second-order valence-corrected chi connectivity index (χ2v) is 7.35. The zero-order chi connectivity index (χ0) is 18.9. The number of hydrogen-bond acceptors (Lipinski definition) is 2. The number of carbonyl (C=O) groups is 1. The molecule has 1 amide bonds. The minimum absolute atomic E-state index is 0.0255. The van der Waals surface area contributed by atoms with Crippen LogP contribution in [-0.4, -0.2) is 21.3 Å². The minimum Gasteiger partial charge on any atom is -0.349 e. The van der Waals surface area contributed by atoms with E-state index >= 15 is 0 Å². The average Bonchev–Trinajstić information content (AvgIpc) is 3.16. The third kappa shape index (κ3) is 3.07. The van der Waals surface area contributed by atoms with Crippen LogP contribution in [0, 0.1) is 0 Å². The molecule has 2 aromatic heterocycles. The molecule has 1 saturated carbocycles. The van der Waals surface area contributed by atoms with Gasteiger partial charge in [-0.3, -0.25) is 4.79 Å². The monoisotopic (exact) mass is 367 g/mol. The van der Waals surface area contributed by atoms with Gasteiger partial charge in [0.25, 0.3) is 5.91 Å². The van der Waals surface area contributed by atoms with Crippen LogP contribution in [0.1, 0.15) is 34.7 Å². The Morgan fingerprint density at radius 1 is 0.893 bits per heavy atom. The molecule has 1 N–H and O–H groups in total. The van der Waals surface area contributed by atoms with Crippen molar-refractivity contribution in [1.29, 1.82) is 0 Å². The van der Waals surface area contributed by atoms with E-state index in [4.69, 9.17) is 0 Å². The van der Waals surface area contributed by atoms with E-state index in [1.807, 2.05) is 65.3 Å². The molecule has 1 aliphatic rings. The number of aromatic nitrogens is 2. The zero-order valence-electron chi connectivity index (χ0n) is 15.5. The Labute approximate surface area is 163 Å². The van der Waals surface area contributed by atoms with Crippen LogP contribution >= 0.6 is 0 Å². The first kappa shape index (κ1) is 16.8. The highest BCUT2D eigenvalue weighted by molar-refractivity contribution is 5.94. The second kappa shape index (κ2) is 6.97. The third-order valence-electron chi connectivity index (χ3n) is 5.60. The molecular weight excluding hydrogens is 346 g/mol. The SMILES string of the molecule is O=C(N[C@@H]1CC[C@@H]1c1ccccc1)c1ccc2nc(-c3ccccc3)cn2c1. The summed E-state index contributed by atoms with van der Waals surface area (Å²) < 4.78 is 1.92. The van der Waals surface area contributed by atoms with Crippen LogP contribution < -0.4 is 5.32 Å². The van der Waals surface area contributed by atoms with Crippen molar-refractivity contribution in [1.82, 2.24) is 14.7 Å². The smallest absolute Gasteiger partial charge is 0.253 e. The molecule has 4 heteroatoms. The van der Waals surface area contributed by atoms with Gasteiger partial charge in [-0.2, -0.15) is 0 Å². The van der Waals surface area contributed by atoms with Crippen LogP contribution in [0.25, 0.3) is 16.9 Å². The molecule has 2 aromatic carbocycles. The number of rotatable bonds is 4. The number of nitrogens with zero attached hydrogens (tertiary/aromatic N) is 2. The molecule has 5 rings (SSSR count). The van der Waals surface area contributed by atoms with Gasteiger partial charge in [0, 0.05) is 29.9 Å². The fraction of sp³-hybridized carbons (Fsp3) is 0.167. The Hall–Kier alpha value is -3.40. The molecule has 0 radical (unpaired) electrons. The summed E-state index contributed by atoms with van der Waals surface area (Å²) in [5, 5.41) is 3.21. The molecule has 4 aromatic rings. The first-order valence-corrected chi connectivity index (χ1v) is 9.68. The largest absolute Gasteiger partial charge is 0.349 e. The Kier molecular flexibility index (Phi) is 4.17. The molecule has 1 aliphatic carbocycles. The summed E-state index contributed by atoms with van der Waals surface area (Å²) in [5.74, 6) is 0.384. The van der Waals surface area contributed by atoms with Gasteiger partial charge in [-0.05, 0) is 30.5 Å². The van der Waals surface area contributed by atoms with E-state index in [1.165, 1.54) is 5.56 Å². The van der Waals surface area contributed by atoms with Gasteiger partial charge < -0.3 is 9.72 Å². The fourth-order valence-electron chi connectivity index (χ4n) is 3.90. The van der Waals surface area contributed by atoms with Crippen LogP contribution in [0.15, 0.2) is 85.2 Å². The van der Waals surface area contributed by atoms with Gasteiger partial charge in [0.05, 0.1) is 11.3 Å². The summed E-state index contributed by atoms with van der Waals surface area (Å²) in [5.41, 5.74) is 4.76. The van der Waals surface area contributed by atoms with Crippen LogP contribution in [0.5, 0.6) is 0 Å². The van der Waals surface area contributed by atoms with Crippen molar-refractivity contribution >= 4 is 11.6 Å². The van der Waals surface area contributed by atoms with E-state index in [1.54, 1.807) is 0 Å². The predicted molar refractivity (Wildman–Crippen MR) is 110 cm³/mol. The average molecular weight is 367 g/mol. The van der Waals surface area contributed by atoms with Gasteiger partial charge in [-0.15, -0.1) is 0 Å². The van der Waals surface area contributed by atoms with Crippen molar-refractivity contribution in [2.75, 3.05) is 0 Å². The van der Waals surface area contributed by atoms with Crippen LogP contribution in [-0.2, 0) is 0 Å². The Bertz CT molecular complexity index is 1120. The molecule has 1 fully saturated rings. The van der Waals surface area contributed by atoms with E-state index in [2.05, 4.69) is 34.6 Å². The summed E-state index contributed by atoms with van der Waals surface area (Å²) in [7, 11) is 0. The molecule has 28 heavy (non-hydrogen) atoms. The van der Waals surface area contributed by atoms with Gasteiger partial charge in [0.1, 0.15) is 5.65 Å². The number of hydrogen-bond donors (Lipinski definition) is 1. The molecule has 4 nitrogen and oxygen atoms in total. The summed E-state index contributed by atoms with van der Waals surface area (Å²) in [6.45, 7) is 0. The maximum absolute atomic E-state index is 12.8. The minimum atomic E-state index is -0.0255. The highest BCUT2D eigenvalue weighted by Gasteiger charge is 2.33. The van der Waals surface area contributed by atoms with E-state index < -0.39 is 0 Å². The Morgan fingerprint density at radius 2 is 1.64 bits per heavy atom. The van der Waals surface area contributed by atoms with Crippen molar-refractivity contribution in [2.24, 2.45) is 0 Å². The predicted octanol–water partition coefficient (Wildman–Crippen LogP) is 4.68. The molecular formula is C24H21N3O. The lowest BCUT2D eigenvalue weighted by Gasteiger charge is -2.37. The standard InChI is InChI=1S/C24H21N3O/c28-24(26-21-13-12-20(21)17-7-3-1-4-8-17)19-11-14-23-25-22(16-27(23)15-19)18-9-5-2-6-10-18/h1-11,14-16,20-21H,12-13H2,(H,26,28)/t20-,21-/m1/s1. The topological polar surface area (TPSA) is 46.4 Å². The number of fused-ring (bicyclic) bond motifs is 1. The second-order valence-electron chi connectivity index (χ2n) is 7.35. The molecule has 2 heterocycles. The van der Waals surface area contributed by atoms with Gasteiger partial charge >= 0.3 is 0 Å². The maximum Gasteiger partial charge on any atom is 0.253 e. The molecule has 138 valence electrons. The van der Waals surface area contributed by atoms with Crippen molar-refractivity contribution in [3.8, 4) is 11.3 Å². The Balaban J connectivity index is 1.35.